The van der Waals surface area contributed by atoms with Gasteiger partial charge in [0.2, 0.25) is 0 Å². The van der Waals surface area contributed by atoms with Crippen molar-refractivity contribution in [2.75, 3.05) is 20.2 Å². The number of nitrogens with zero attached hydrogens (tertiary/aromatic N) is 2. The van der Waals surface area contributed by atoms with Crippen LogP contribution < -0.4 is 4.74 Å². The zero-order valence-electron chi connectivity index (χ0n) is 18.7. The fraction of sp³-hybridized carbons (Fsp3) is 0.417. The molecule has 3 aromatic rings. The van der Waals surface area contributed by atoms with E-state index in [0.717, 1.165) is 36.1 Å². The topological polar surface area (TPSA) is 67.5 Å². The third-order valence-electron chi connectivity index (χ3n) is 5.67. The van der Waals surface area contributed by atoms with Crippen LogP contribution in [-0.4, -0.2) is 46.8 Å². The minimum absolute atomic E-state index is 0.225. The smallest absolute Gasteiger partial charge is 0.410 e. The van der Waals surface area contributed by atoms with Gasteiger partial charge in [0.15, 0.2) is 11.6 Å². The van der Waals surface area contributed by atoms with E-state index in [1.54, 1.807) is 17.2 Å². The van der Waals surface area contributed by atoms with Crippen molar-refractivity contribution in [3.05, 3.63) is 47.8 Å². The van der Waals surface area contributed by atoms with Gasteiger partial charge < -0.3 is 19.4 Å². The number of aromatic nitrogens is 2. The Morgan fingerprint density at radius 1 is 1.12 bits per heavy atom. The van der Waals surface area contributed by atoms with E-state index in [0.29, 0.717) is 29.9 Å². The first-order valence-corrected chi connectivity index (χ1v) is 10.6. The second kappa shape index (κ2) is 8.41. The molecule has 1 aliphatic heterocycles. The summed E-state index contributed by atoms with van der Waals surface area (Å²) < 4.78 is 38.4. The fourth-order valence-electron chi connectivity index (χ4n) is 4.11. The zero-order valence-corrected chi connectivity index (χ0v) is 18.7. The number of carbonyl (C=O) groups is 1. The predicted octanol–water partition coefficient (Wildman–Crippen LogP) is 5.63. The van der Waals surface area contributed by atoms with Gasteiger partial charge in [-0.05, 0) is 57.4 Å². The van der Waals surface area contributed by atoms with E-state index >= 15 is 0 Å². The highest BCUT2D eigenvalue weighted by Gasteiger charge is 2.28. The summed E-state index contributed by atoms with van der Waals surface area (Å²) in [7, 11) is 1.43. The van der Waals surface area contributed by atoms with Gasteiger partial charge in [-0.15, -0.1) is 0 Å². The Hall–Kier alpha value is -3.16. The first kappa shape index (κ1) is 22.0. The molecule has 6 nitrogen and oxygen atoms in total. The quantitative estimate of drug-likeness (QED) is 0.570. The molecule has 1 aliphatic rings. The van der Waals surface area contributed by atoms with Crippen molar-refractivity contribution in [1.29, 1.82) is 0 Å². The van der Waals surface area contributed by atoms with Crippen LogP contribution in [-0.2, 0) is 4.74 Å². The molecule has 3 heterocycles. The number of carbonyl (C=O) groups excluding carboxylic acids is 1. The number of piperidine rings is 1. The number of fused-ring (bicyclic) bond motifs is 1. The second-order valence-corrected chi connectivity index (χ2v) is 9.05. The monoisotopic (exact) mass is 443 g/mol. The maximum atomic E-state index is 14.0. The molecule has 1 amide bonds. The van der Waals surface area contributed by atoms with Crippen molar-refractivity contribution in [2.45, 2.75) is 45.1 Å². The van der Waals surface area contributed by atoms with Crippen molar-refractivity contribution in [3.8, 4) is 16.9 Å². The summed E-state index contributed by atoms with van der Waals surface area (Å²) in [6.45, 7) is 6.77. The second-order valence-electron chi connectivity index (χ2n) is 9.05. The maximum Gasteiger partial charge on any atom is 0.410 e. The minimum Gasteiger partial charge on any atom is -0.496 e. The van der Waals surface area contributed by atoms with Crippen LogP contribution >= 0.6 is 0 Å². The molecule has 1 saturated heterocycles. The Morgan fingerprint density at radius 2 is 1.81 bits per heavy atom. The summed E-state index contributed by atoms with van der Waals surface area (Å²) in [4.78, 5) is 21.8. The van der Waals surface area contributed by atoms with Gasteiger partial charge in [-0.1, -0.05) is 0 Å². The van der Waals surface area contributed by atoms with Crippen molar-refractivity contribution in [3.63, 3.8) is 0 Å². The van der Waals surface area contributed by atoms with Crippen LogP contribution in [0.1, 0.15) is 45.2 Å². The number of amides is 1. The van der Waals surface area contributed by atoms with Gasteiger partial charge in [0.25, 0.3) is 0 Å². The van der Waals surface area contributed by atoms with Crippen molar-refractivity contribution in [1.82, 2.24) is 14.9 Å². The molecule has 0 spiro atoms. The summed E-state index contributed by atoms with van der Waals surface area (Å²) >= 11 is 0. The molecular weight excluding hydrogens is 416 g/mol. The van der Waals surface area contributed by atoms with Crippen LogP contribution in [0, 0.1) is 11.6 Å². The lowest BCUT2D eigenvalue weighted by Crippen LogP contribution is -2.41. The van der Waals surface area contributed by atoms with E-state index in [9.17, 15) is 13.6 Å². The van der Waals surface area contributed by atoms with Crippen LogP contribution in [0.4, 0.5) is 13.6 Å². The number of benzene rings is 1. The molecule has 4 rings (SSSR count). The number of hydrogen-bond acceptors (Lipinski definition) is 4. The van der Waals surface area contributed by atoms with Crippen LogP contribution in [0.15, 0.2) is 30.5 Å². The van der Waals surface area contributed by atoms with E-state index in [-0.39, 0.29) is 17.8 Å². The lowest BCUT2D eigenvalue weighted by atomic mass is 9.93. The minimum atomic E-state index is -0.956. The molecule has 1 N–H and O–H groups in total. The number of methoxy groups -OCH3 is 1. The van der Waals surface area contributed by atoms with Gasteiger partial charge in [-0.2, -0.15) is 0 Å². The highest BCUT2D eigenvalue weighted by molar-refractivity contribution is 5.95. The first-order chi connectivity index (χ1) is 15.2. The molecule has 0 radical (unpaired) electrons. The standard InChI is InChI=1S/C24H27F2N3O3/c1-24(2,3)32-23(30)29-9-6-14(7-10-29)20-12-17-15(5-8-27-22(17)28-20)16-11-18(25)19(26)13-21(16)31-4/h5,8,11-14H,6-7,9-10H2,1-4H3,(H,27,28). The Morgan fingerprint density at radius 3 is 2.47 bits per heavy atom. The third kappa shape index (κ3) is 4.40. The highest BCUT2D eigenvalue weighted by atomic mass is 19.2. The van der Waals surface area contributed by atoms with E-state index in [1.807, 2.05) is 26.8 Å². The molecule has 170 valence electrons. The summed E-state index contributed by atoms with van der Waals surface area (Å²) in [6, 6.07) is 5.97. The van der Waals surface area contributed by atoms with Crippen LogP contribution in [0.2, 0.25) is 0 Å². The van der Waals surface area contributed by atoms with Gasteiger partial charge >= 0.3 is 6.09 Å². The Balaban J connectivity index is 1.59. The molecule has 0 atom stereocenters. The van der Waals surface area contributed by atoms with Gasteiger partial charge in [0.1, 0.15) is 17.0 Å². The lowest BCUT2D eigenvalue weighted by molar-refractivity contribution is 0.0204. The zero-order chi connectivity index (χ0) is 23.0. The summed E-state index contributed by atoms with van der Waals surface area (Å²) in [5.41, 5.74) is 2.32. The van der Waals surface area contributed by atoms with E-state index in [2.05, 4.69) is 9.97 Å². The molecule has 0 saturated carbocycles. The van der Waals surface area contributed by atoms with Crippen LogP contribution in [0.25, 0.3) is 22.2 Å². The summed E-state index contributed by atoms with van der Waals surface area (Å²) in [5.74, 6) is -1.41. The Bertz CT molecular complexity index is 1150. The highest BCUT2D eigenvalue weighted by Crippen LogP contribution is 2.38. The number of likely N-dealkylation sites (tertiary alicyclic amines) is 1. The van der Waals surface area contributed by atoms with Gasteiger partial charge in [-0.3, -0.25) is 0 Å². The molecule has 1 aromatic carbocycles. The van der Waals surface area contributed by atoms with Crippen molar-refractivity contribution >= 4 is 17.1 Å². The van der Waals surface area contributed by atoms with E-state index < -0.39 is 17.2 Å². The Kier molecular flexibility index (Phi) is 5.79. The number of halogens is 2. The van der Waals surface area contributed by atoms with Gasteiger partial charge in [-0.25, -0.2) is 18.6 Å². The molecule has 0 bridgehead atoms. The summed E-state index contributed by atoms with van der Waals surface area (Å²) in [5, 5.41) is 0.807. The molecule has 8 heteroatoms. The number of H-pyrrole nitrogens is 1. The number of aromatic amines is 1. The normalized spacial score (nSPS) is 15.2. The third-order valence-corrected chi connectivity index (χ3v) is 5.67. The average Bonchev–Trinajstić information content (AvgIpc) is 3.19. The predicted molar refractivity (Wildman–Crippen MR) is 118 cm³/mol. The molecule has 2 aromatic heterocycles. The first-order valence-electron chi connectivity index (χ1n) is 10.6. The molecular formula is C24H27F2N3O3. The number of ether oxygens (including phenoxy) is 2. The summed E-state index contributed by atoms with van der Waals surface area (Å²) in [6.07, 6.45) is 2.91. The largest absolute Gasteiger partial charge is 0.496 e. The maximum absolute atomic E-state index is 14.0. The van der Waals surface area contributed by atoms with Crippen molar-refractivity contribution in [2.24, 2.45) is 0 Å². The number of hydrogen-bond donors (Lipinski definition) is 1. The molecule has 32 heavy (non-hydrogen) atoms. The lowest BCUT2D eigenvalue weighted by Gasteiger charge is -2.33. The average molecular weight is 443 g/mol. The molecule has 1 fully saturated rings. The van der Waals surface area contributed by atoms with E-state index in [4.69, 9.17) is 9.47 Å². The molecule has 0 aliphatic carbocycles. The van der Waals surface area contributed by atoms with Crippen molar-refractivity contribution < 1.29 is 23.0 Å². The SMILES string of the molecule is COc1cc(F)c(F)cc1-c1ccnc2[nH]c(C3CCN(C(=O)OC(C)(C)C)CC3)cc12. The van der Waals surface area contributed by atoms with Gasteiger partial charge in [0.05, 0.1) is 7.11 Å². The number of nitrogens with one attached hydrogen (secondary N) is 1. The van der Waals surface area contributed by atoms with Crippen LogP contribution in [0.3, 0.4) is 0 Å². The fourth-order valence-corrected chi connectivity index (χ4v) is 4.11. The number of pyridine rings is 1. The molecule has 0 unspecified atom stereocenters. The van der Waals surface area contributed by atoms with Crippen LogP contribution in [0.5, 0.6) is 5.75 Å². The van der Waals surface area contributed by atoms with Gasteiger partial charge in [0, 0.05) is 47.9 Å². The van der Waals surface area contributed by atoms with E-state index in [1.165, 1.54) is 7.11 Å². The Labute approximate surface area is 185 Å². The number of rotatable bonds is 3.